The van der Waals surface area contributed by atoms with Gasteiger partial charge < -0.3 is 5.32 Å². The lowest BCUT2D eigenvalue weighted by molar-refractivity contribution is 0.138. The molecule has 2 aliphatic rings. The van der Waals surface area contributed by atoms with Gasteiger partial charge in [0.05, 0.1) is 11.7 Å². The number of pyridine rings is 1. The Hall–Kier alpha value is -1.75. The molecule has 26 heavy (non-hydrogen) atoms. The van der Waals surface area contributed by atoms with Gasteiger partial charge in [-0.3, -0.25) is 14.8 Å². The van der Waals surface area contributed by atoms with Gasteiger partial charge >= 0.3 is 0 Å². The highest BCUT2D eigenvalue weighted by atomic mass is 15.2. The van der Waals surface area contributed by atoms with Crippen molar-refractivity contribution in [3.8, 4) is 0 Å². The van der Waals surface area contributed by atoms with Crippen LogP contribution in [0.5, 0.6) is 0 Å². The third-order valence-electron chi connectivity index (χ3n) is 5.79. The van der Waals surface area contributed by atoms with Crippen molar-refractivity contribution in [3.05, 3.63) is 65.5 Å². The molecule has 1 aromatic carbocycles. The number of hydrogen-bond acceptors (Lipinski definition) is 4. The van der Waals surface area contributed by atoms with E-state index in [1.54, 1.807) is 0 Å². The molecule has 1 N–H and O–H groups in total. The highest BCUT2D eigenvalue weighted by Crippen LogP contribution is 2.31. The first-order valence-electron chi connectivity index (χ1n) is 9.93. The number of fused-ring (bicyclic) bond motifs is 1. The molecule has 4 heteroatoms. The van der Waals surface area contributed by atoms with Crippen molar-refractivity contribution in [2.75, 3.05) is 33.2 Å². The second kappa shape index (κ2) is 8.30. The molecule has 2 aromatic rings. The molecule has 2 heterocycles. The van der Waals surface area contributed by atoms with Crippen LogP contribution in [0.25, 0.3) is 0 Å². The Labute approximate surface area is 157 Å². The molecule has 2 atom stereocenters. The molecule has 1 saturated heterocycles. The monoisotopic (exact) mass is 350 g/mol. The van der Waals surface area contributed by atoms with Crippen molar-refractivity contribution >= 4 is 0 Å². The van der Waals surface area contributed by atoms with Crippen molar-refractivity contribution < 1.29 is 0 Å². The minimum Gasteiger partial charge on any atom is -0.310 e. The van der Waals surface area contributed by atoms with Crippen LogP contribution in [0.3, 0.4) is 0 Å². The zero-order chi connectivity index (χ0) is 17.8. The predicted octanol–water partition coefficient (Wildman–Crippen LogP) is 2.86. The molecule has 1 aliphatic heterocycles. The molecule has 0 bridgehead atoms. The summed E-state index contributed by atoms with van der Waals surface area (Å²) in [6, 6.07) is 16.1. The maximum atomic E-state index is 4.71. The Morgan fingerprint density at radius 3 is 2.96 bits per heavy atom. The summed E-state index contributed by atoms with van der Waals surface area (Å²) in [6.45, 7) is 5.44. The third-order valence-corrected chi connectivity index (χ3v) is 5.79. The standard InChI is InChI=1S/C22H30N4/c1-25(21-11-5-9-19-10-6-12-24-22(19)21)16-20-17-26(14-13-23-20)15-18-7-3-2-4-8-18/h2-4,6-8,10,12,20-21,23H,5,9,11,13-17H2,1H3/t20-,21?/m1/s1. The summed E-state index contributed by atoms with van der Waals surface area (Å²) in [5.41, 5.74) is 4.16. The van der Waals surface area contributed by atoms with Crippen LogP contribution in [0.15, 0.2) is 48.7 Å². The topological polar surface area (TPSA) is 31.4 Å². The Morgan fingerprint density at radius 2 is 2.08 bits per heavy atom. The average molecular weight is 351 g/mol. The quantitative estimate of drug-likeness (QED) is 0.898. The van der Waals surface area contributed by atoms with E-state index < -0.39 is 0 Å². The molecular formula is C22H30N4. The van der Waals surface area contributed by atoms with Crippen molar-refractivity contribution in [2.24, 2.45) is 0 Å². The zero-order valence-corrected chi connectivity index (χ0v) is 15.8. The second-order valence-electron chi connectivity index (χ2n) is 7.77. The van der Waals surface area contributed by atoms with Gasteiger partial charge in [-0.1, -0.05) is 36.4 Å². The first kappa shape index (κ1) is 17.7. The van der Waals surface area contributed by atoms with Crippen LogP contribution in [-0.2, 0) is 13.0 Å². The third kappa shape index (κ3) is 4.14. The highest BCUT2D eigenvalue weighted by Gasteiger charge is 2.28. The minimum absolute atomic E-state index is 0.464. The molecule has 1 aromatic heterocycles. The number of benzene rings is 1. The normalized spacial score (nSPS) is 23.8. The zero-order valence-electron chi connectivity index (χ0n) is 15.8. The lowest BCUT2D eigenvalue weighted by Gasteiger charge is -2.38. The van der Waals surface area contributed by atoms with Crippen molar-refractivity contribution in [3.63, 3.8) is 0 Å². The van der Waals surface area contributed by atoms with Crippen LogP contribution in [0, 0.1) is 0 Å². The smallest absolute Gasteiger partial charge is 0.0607 e. The second-order valence-corrected chi connectivity index (χ2v) is 7.77. The van der Waals surface area contributed by atoms with E-state index in [0.717, 1.165) is 32.7 Å². The number of piperazine rings is 1. The summed E-state index contributed by atoms with van der Waals surface area (Å²) in [5, 5.41) is 3.73. The molecule has 0 amide bonds. The molecule has 0 saturated carbocycles. The van der Waals surface area contributed by atoms with Gasteiger partial charge in [0.2, 0.25) is 0 Å². The van der Waals surface area contributed by atoms with Gasteiger partial charge in [0.15, 0.2) is 0 Å². The molecule has 0 spiro atoms. The van der Waals surface area contributed by atoms with E-state index in [-0.39, 0.29) is 0 Å². The van der Waals surface area contributed by atoms with Gasteiger partial charge in [0.1, 0.15) is 0 Å². The average Bonchev–Trinajstić information content (AvgIpc) is 2.68. The van der Waals surface area contributed by atoms with Gasteiger partial charge in [-0.2, -0.15) is 0 Å². The van der Waals surface area contributed by atoms with E-state index >= 15 is 0 Å². The number of nitrogens with zero attached hydrogens (tertiary/aromatic N) is 3. The van der Waals surface area contributed by atoms with Crippen LogP contribution in [-0.4, -0.2) is 54.1 Å². The van der Waals surface area contributed by atoms with Crippen molar-refractivity contribution in [2.45, 2.75) is 37.9 Å². The van der Waals surface area contributed by atoms with Crippen LogP contribution in [0.4, 0.5) is 0 Å². The largest absolute Gasteiger partial charge is 0.310 e. The van der Waals surface area contributed by atoms with E-state index in [1.165, 1.54) is 36.1 Å². The molecule has 4 nitrogen and oxygen atoms in total. The SMILES string of the molecule is CN(C[C@@H]1CN(Cc2ccccc2)CCN1)C1CCCc2cccnc21. The van der Waals surface area contributed by atoms with Gasteiger partial charge in [0, 0.05) is 45.0 Å². The number of hydrogen-bond donors (Lipinski definition) is 1. The van der Waals surface area contributed by atoms with Crippen LogP contribution in [0.1, 0.15) is 35.7 Å². The number of aromatic nitrogens is 1. The van der Waals surface area contributed by atoms with E-state index in [2.05, 4.69) is 64.6 Å². The van der Waals surface area contributed by atoms with E-state index in [4.69, 9.17) is 4.98 Å². The Morgan fingerprint density at radius 1 is 1.19 bits per heavy atom. The highest BCUT2D eigenvalue weighted by molar-refractivity contribution is 5.25. The maximum Gasteiger partial charge on any atom is 0.0607 e. The number of aryl methyl sites for hydroxylation is 1. The summed E-state index contributed by atoms with van der Waals surface area (Å²) >= 11 is 0. The molecule has 1 aliphatic carbocycles. The molecule has 1 fully saturated rings. The molecular weight excluding hydrogens is 320 g/mol. The van der Waals surface area contributed by atoms with Crippen molar-refractivity contribution in [1.29, 1.82) is 0 Å². The fourth-order valence-corrected chi connectivity index (χ4v) is 4.49. The Bertz CT molecular complexity index is 702. The Kier molecular flexibility index (Phi) is 5.63. The lowest BCUT2D eigenvalue weighted by atomic mass is 9.91. The summed E-state index contributed by atoms with van der Waals surface area (Å²) < 4.78 is 0. The van der Waals surface area contributed by atoms with E-state index in [9.17, 15) is 0 Å². The molecule has 4 rings (SSSR count). The van der Waals surface area contributed by atoms with Gasteiger partial charge in [-0.05, 0) is 43.5 Å². The van der Waals surface area contributed by atoms with Crippen LogP contribution in [0.2, 0.25) is 0 Å². The summed E-state index contributed by atoms with van der Waals surface area (Å²) in [4.78, 5) is 9.82. The fraction of sp³-hybridized carbons (Fsp3) is 0.500. The molecule has 138 valence electrons. The molecule has 0 radical (unpaired) electrons. The summed E-state index contributed by atoms with van der Waals surface area (Å²) in [7, 11) is 2.27. The van der Waals surface area contributed by atoms with Crippen LogP contribution >= 0.6 is 0 Å². The van der Waals surface area contributed by atoms with Crippen molar-refractivity contribution in [1.82, 2.24) is 20.1 Å². The number of likely N-dealkylation sites (N-methyl/N-ethyl adjacent to an activating group) is 1. The fourth-order valence-electron chi connectivity index (χ4n) is 4.49. The summed E-state index contributed by atoms with van der Waals surface area (Å²) in [6.07, 6.45) is 5.62. The first-order chi connectivity index (χ1) is 12.8. The Balaban J connectivity index is 1.36. The van der Waals surface area contributed by atoms with Gasteiger partial charge in [-0.15, -0.1) is 0 Å². The van der Waals surface area contributed by atoms with Gasteiger partial charge in [-0.25, -0.2) is 0 Å². The molecule has 1 unspecified atom stereocenters. The summed E-state index contributed by atoms with van der Waals surface area (Å²) in [5.74, 6) is 0. The first-order valence-corrected chi connectivity index (χ1v) is 9.93. The number of rotatable bonds is 5. The van der Waals surface area contributed by atoms with Gasteiger partial charge in [0.25, 0.3) is 0 Å². The maximum absolute atomic E-state index is 4.71. The predicted molar refractivity (Wildman–Crippen MR) is 106 cm³/mol. The van der Waals surface area contributed by atoms with E-state index in [0.29, 0.717) is 12.1 Å². The van der Waals surface area contributed by atoms with E-state index in [1.807, 2.05) is 6.20 Å². The van der Waals surface area contributed by atoms with Crippen LogP contribution < -0.4 is 5.32 Å². The minimum atomic E-state index is 0.464. The number of nitrogens with one attached hydrogen (secondary N) is 1. The lowest BCUT2D eigenvalue weighted by Crippen LogP contribution is -2.54.